The lowest BCUT2D eigenvalue weighted by atomic mass is 10.0. The Morgan fingerprint density at radius 3 is 2.41 bits per heavy atom. The molecule has 0 spiro atoms. The van der Waals surface area contributed by atoms with Gasteiger partial charge in [-0.2, -0.15) is 0 Å². The van der Waals surface area contributed by atoms with E-state index in [1.165, 1.54) is 35.6 Å². The van der Waals surface area contributed by atoms with E-state index in [4.69, 9.17) is 4.98 Å². The van der Waals surface area contributed by atoms with Gasteiger partial charge in [-0.05, 0) is 77.7 Å². The average Bonchev–Trinajstić information content (AvgIpc) is 3.36. The Kier molecular flexibility index (Phi) is 7.40. The van der Waals surface area contributed by atoms with Crippen LogP contribution in [0.1, 0.15) is 41.3 Å². The van der Waals surface area contributed by atoms with Gasteiger partial charge in [0.05, 0.1) is 21.7 Å². The van der Waals surface area contributed by atoms with E-state index in [0.717, 1.165) is 33.5 Å². The minimum absolute atomic E-state index is 0.0664. The van der Waals surface area contributed by atoms with Crippen molar-refractivity contribution in [2.24, 2.45) is 0 Å². The van der Waals surface area contributed by atoms with E-state index < -0.39 is 15.8 Å². The maximum Gasteiger partial charge on any atom is 0.261 e. The van der Waals surface area contributed by atoms with Gasteiger partial charge in [0.15, 0.2) is 5.13 Å². The Bertz CT molecular complexity index is 1720. The Morgan fingerprint density at radius 1 is 1.00 bits per heavy atom. The fourth-order valence-electron chi connectivity index (χ4n) is 4.10. The topological polar surface area (TPSA) is 92.3 Å². The summed E-state index contributed by atoms with van der Waals surface area (Å²) >= 11 is 1.44. The zero-order chi connectivity index (χ0) is 27.6. The van der Waals surface area contributed by atoms with Crippen LogP contribution in [-0.4, -0.2) is 24.3 Å². The van der Waals surface area contributed by atoms with Crippen molar-refractivity contribution in [3.05, 3.63) is 114 Å². The normalized spacial score (nSPS) is 11.6. The highest BCUT2D eigenvalue weighted by atomic mass is 32.2. The van der Waals surface area contributed by atoms with E-state index in [2.05, 4.69) is 29.6 Å². The summed E-state index contributed by atoms with van der Waals surface area (Å²) in [6.45, 7) is 4.49. The molecule has 0 atom stereocenters. The molecule has 5 aromatic rings. The van der Waals surface area contributed by atoms with Gasteiger partial charge in [0.1, 0.15) is 5.82 Å². The summed E-state index contributed by atoms with van der Waals surface area (Å²) in [6, 6.07) is 20.5. The highest BCUT2D eigenvalue weighted by Crippen LogP contribution is 2.35. The Hall–Kier alpha value is -4.15. The first-order valence-corrected chi connectivity index (χ1v) is 14.5. The number of amides is 1. The number of hydrogen-bond donors (Lipinski definition) is 1. The first kappa shape index (κ1) is 26.5. The second kappa shape index (κ2) is 10.9. The third-order valence-corrected chi connectivity index (χ3v) is 8.55. The number of carbonyl (C=O) groups is 1. The number of anilines is 2. The van der Waals surface area contributed by atoms with Crippen LogP contribution in [0.25, 0.3) is 10.2 Å². The smallest absolute Gasteiger partial charge is 0.261 e. The number of rotatable bonds is 8. The number of hydrogen-bond acceptors (Lipinski definition) is 6. The predicted octanol–water partition coefficient (Wildman–Crippen LogP) is 6.60. The molecule has 0 aliphatic carbocycles. The highest BCUT2D eigenvalue weighted by Gasteiger charge is 2.23. The fraction of sp³-hybridized carbons (Fsp3) is 0.138. The van der Waals surface area contributed by atoms with Crippen molar-refractivity contribution in [3.63, 3.8) is 0 Å². The quantitative estimate of drug-likeness (QED) is 0.231. The number of halogens is 1. The molecule has 0 saturated heterocycles. The third kappa shape index (κ3) is 5.81. The number of fused-ring (bicyclic) bond motifs is 1. The Labute approximate surface area is 230 Å². The largest absolute Gasteiger partial charge is 0.280 e. The van der Waals surface area contributed by atoms with Gasteiger partial charge >= 0.3 is 0 Å². The summed E-state index contributed by atoms with van der Waals surface area (Å²) in [5.41, 5.74) is 3.48. The molecule has 0 fully saturated rings. The SMILES string of the molecule is CC(C)c1cccc2sc(N(Cc3cccnc3)C(=O)c3ccc(NS(=O)(=O)c4ccc(F)cc4)cc3)nc12. The van der Waals surface area contributed by atoms with E-state index in [1.54, 1.807) is 29.4 Å². The van der Waals surface area contributed by atoms with E-state index in [0.29, 0.717) is 10.7 Å². The van der Waals surface area contributed by atoms with Crippen molar-refractivity contribution in [1.82, 2.24) is 9.97 Å². The van der Waals surface area contributed by atoms with Crippen molar-refractivity contribution >= 4 is 48.3 Å². The molecule has 7 nitrogen and oxygen atoms in total. The van der Waals surface area contributed by atoms with Crippen LogP contribution in [0.4, 0.5) is 15.2 Å². The first-order chi connectivity index (χ1) is 18.7. The van der Waals surface area contributed by atoms with Crippen LogP contribution in [-0.2, 0) is 16.6 Å². The number of benzene rings is 3. The molecule has 0 bridgehead atoms. The van der Waals surface area contributed by atoms with Crippen molar-refractivity contribution < 1.29 is 17.6 Å². The van der Waals surface area contributed by atoms with Crippen molar-refractivity contribution in [3.8, 4) is 0 Å². The highest BCUT2D eigenvalue weighted by molar-refractivity contribution is 7.92. The number of nitrogens with one attached hydrogen (secondary N) is 1. The summed E-state index contributed by atoms with van der Waals surface area (Å²) in [5.74, 6) is -0.532. The summed E-state index contributed by atoms with van der Waals surface area (Å²) in [4.78, 5) is 24.4. The Morgan fingerprint density at radius 2 is 1.74 bits per heavy atom. The minimum Gasteiger partial charge on any atom is -0.280 e. The monoisotopic (exact) mass is 560 g/mol. The molecule has 3 aromatic carbocycles. The fourth-order valence-corrected chi connectivity index (χ4v) is 6.16. The van der Waals surface area contributed by atoms with Gasteiger partial charge in [-0.3, -0.25) is 19.4 Å². The molecular formula is C29H25FN4O3S2. The third-order valence-electron chi connectivity index (χ3n) is 6.11. The van der Waals surface area contributed by atoms with E-state index in [-0.39, 0.29) is 29.0 Å². The molecule has 39 heavy (non-hydrogen) atoms. The van der Waals surface area contributed by atoms with Crippen molar-refractivity contribution in [2.45, 2.75) is 31.2 Å². The predicted molar refractivity (Wildman–Crippen MR) is 152 cm³/mol. The van der Waals surface area contributed by atoms with Crippen molar-refractivity contribution in [1.29, 1.82) is 0 Å². The first-order valence-electron chi connectivity index (χ1n) is 12.2. The number of pyridine rings is 1. The van der Waals surface area contributed by atoms with Crippen molar-refractivity contribution in [2.75, 3.05) is 9.62 Å². The molecule has 0 radical (unpaired) electrons. The lowest BCUT2D eigenvalue weighted by Crippen LogP contribution is -2.30. The minimum atomic E-state index is -3.92. The summed E-state index contributed by atoms with van der Waals surface area (Å²) in [7, 11) is -3.92. The zero-order valence-corrected chi connectivity index (χ0v) is 22.8. The van der Waals surface area contributed by atoms with Crippen LogP contribution >= 0.6 is 11.3 Å². The van der Waals surface area contributed by atoms with Gasteiger partial charge in [-0.15, -0.1) is 0 Å². The van der Waals surface area contributed by atoms with Crippen LogP contribution in [0.15, 0.2) is 96.2 Å². The molecule has 5 rings (SSSR count). The molecule has 0 aliphatic heterocycles. The molecule has 0 unspecified atom stereocenters. The van der Waals surface area contributed by atoms with Crippen LogP contribution in [0.2, 0.25) is 0 Å². The molecule has 1 amide bonds. The summed E-state index contributed by atoms with van der Waals surface area (Å²) in [6.07, 6.45) is 3.38. The standard InChI is InChI=1S/C29H25FN4O3S2/c1-19(2)25-6-3-7-26-27(25)32-29(38-26)34(18-20-5-4-16-31-17-20)28(35)21-8-12-23(13-9-21)33-39(36,37)24-14-10-22(30)11-15-24/h3-17,19,33H,18H2,1-2H3. The molecule has 2 aromatic heterocycles. The molecule has 0 aliphatic rings. The van der Waals surface area contributed by atoms with Crippen LogP contribution < -0.4 is 9.62 Å². The summed E-state index contributed by atoms with van der Waals surface area (Å²) < 4.78 is 42.0. The number of aromatic nitrogens is 2. The molecule has 1 N–H and O–H groups in total. The zero-order valence-electron chi connectivity index (χ0n) is 21.2. The lowest BCUT2D eigenvalue weighted by Gasteiger charge is -2.20. The summed E-state index contributed by atoms with van der Waals surface area (Å²) in [5, 5.41) is 0.563. The maximum absolute atomic E-state index is 13.8. The van der Waals surface area contributed by atoms with E-state index in [9.17, 15) is 17.6 Å². The lowest BCUT2D eigenvalue weighted by molar-refractivity contribution is 0.0985. The maximum atomic E-state index is 13.8. The van der Waals surface area contributed by atoms with Gasteiger partial charge in [0, 0.05) is 23.6 Å². The van der Waals surface area contributed by atoms with Gasteiger partial charge in [-0.1, -0.05) is 43.4 Å². The molecular weight excluding hydrogens is 535 g/mol. The number of thiazole rings is 1. The molecule has 0 saturated carbocycles. The van der Waals surface area contributed by atoms with Crippen LogP contribution in [0.5, 0.6) is 0 Å². The Balaban J connectivity index is 1.45. The van der Waals surface area contributed by atoms with E-state index >= 15 is 0 Å². The van der Waals surface area contributed by atoms with Gasteiger partial charge in [0.2, 0.25) is 0 Å². The molecule has 2 heterocycles. The number of carbonyl (C=O) groups excluding carboxylic acids is 1. The second-order valence-corrected chi connectivity index (χ2v) is 11.9. The second-order valence-electron chi connectivity index (χ2n) is 9.23. The number of para-hydroxylation sites is 1. The van der Waals surface area contributed by atoms with Gasteiger partial charge < -0.3 is 0 Å². The average molecular weight is 561 g/mol. The van der Waals surface area contributed by atoms with Crippen LogP contribution in [0.3, 0.4) is 0 Å². The van der Waals surface area contributed by atoms with Crippen LogP contribution in [0, 0.1) is 5.82 Å². The van der Waals surface area contributed by atoms with E-state index in [1.807, 2.05) is 24.3 Å². The van der Waals surface area contributed by atoms with Gasteiger partial charge in [-0.25, -0.2) is 17.8 Å². The number of nitrogens with zero attached hydrogens (tertiary/aromatic N) is 3. The number of sulfonamides is 1. The molecule has 10 heteroatoms. The molecule has 198 valence electrons. The van der Waals surface area contributed by atoms with Gasteiger partial charge in [0.25, 0.3) is 15.9 Å².